The first-order valence-electron chi connectivity index (χ1n) is 5.93. The van der Waals surface area contributed by atoms with Crippen LogP contribution in [0.1, 0.15) is 30.6 Å². The molecule has 0 unspecified atom stereocenters. The zero-order valence-electron chi connectivity index (χ0n) is 11.5. The van der Waals surface area contributed by atoms with E-state index in [4.69, 9.17) is 21.1 Å². The summed E-state index contributed by atoms with van der Waals surface area (Å²) >= 11 is 5.84. The Kier molecular flexibility index (Phi) is 5.47. The van der Waals surface area contributed by atoms with Crippen molar-refractivity contribution in [2.45, 2.75) is 25.9 Å². The number of benzene rings is 1. The number of nitro benzene ring substituents is 1. The van der Waals surface area contributed by atoms with Gasteiger partial charge in [-0.3, -0.25) is 10.1 Å². The van der Waals surface area contributed by atoms with Gasteiger partial charge in [0, 0.05) is 25.7 Å². The summed E-state index contributed by atoms with van der Waals surface area (Å²) in [6, 6.07) is 3.63. The molecule has 1 aromatic carbocycles. The van der Waals surface area contributed by atoms with E-state index in [-0.39, 0.29) is 22.9 Å². The second-order valence-corrected chi connectivity index (χ2v) is 5.18. The quantitative estimate of drug-likeness (QED) is 0.458. The molecule has 0 radical (unpaired) electrons. The highest BCUT2D eigenvalue weighted by Crippen LogP contribution is 2.23. The maximum absolute atomic E-state index is 11.8. The van der Waals surface area contributed by atoms with Crippen LogP contribution in [-0.2, 0) is 9.47 Å². The van der Waals surface area contributed by atoms with E-state index >= 15 is 0 Å². The first-order valence-corrected chi connectivity index (χ1v) is 6.31. The molecule has 0 saturated heterocycles. The van der Waals surface area contributed by atoms with Crippen molar-refractivity contribution < 1.29 is 19.2 Å². The number of hydrogen-bond acceptors (Lipinski definition) is 5. The summed E-state index contributed by atoms with van der Waals surface area (Å²) < 4.78 is 10.2. The Bertz CT molecular complexity index is 515. The summed E-state index contributed by atoms with van der Waals surface area (Å²) in [4.78, 5) is 21.9. The highest BCUT2D eigenvalue weighted by molar-refractivity contribution is 6.33. The van der Waals surface area contributed by atoms with Crippen LogP contribution in [0.2, 0.25) is 5.02 Å². The Hall–Kier alpha value is -1.66. The number of ether oxygens (including phenoxy) is 2. The van der Waals surface area contributed by atoms with E-state index in [1.54, 1.807) is 7.11 Å². The lowest BCUT2D eigenvalue weighted by Gasteiger charge is -2.22. The van der Waals surface area contributed by atoms with Crippen molar-refractivity contribution >= 4 is 23.3 Å². The summed E-state index contributed by atoms with van der Waals surface area (Å²) in [6.45, 7) is 3.86. The van der Waals surface area contributed by atoms with Gasteiger partial charge in [-0.2, -0.15) is 0 Å². The fourth-order valence-electron chi connectivity index (χ4n) is 1.35. The molecule has 0 aliphatic rings. The van der Waals surface area contributed by atoms with Gasteiger partial charge in [0.25, 0.3) is 5.69 Å². The van der Waals surface area contributed by atoms with Crippen LogP contribution < -0.4 is 0 Å². The number of carbonyl (C=O) groups is 1. The minimum atomic E-state index is -0.689. The molecule has 0 aromatic heterocycles. The zero-order valence-corrected chi connectivity index (χ0v) is 12.3. The van der Waals surface area contributed by atoms with Crippen molar-refractivity contribution in [3.05, 3.63) is 38.9 Å². The van der Waals surface area contributed by atoms with Crippen molar-refractivity contribution in [1.29, 1.82) is 0 Å². The minimum Gasteiger partial charge on any atom is -0.462 e. The van der Waals surface area contributed by atoms with Crippen LogP contribution in [0.25, 0.3) is 0 Å². The molecule has 1 rings (SSSR count). The molecule has 0 aliphatic carbocycles. The third-order valence-corrected chi connectivity index (χ3v) is 3.20. The number of carbonyl (C=O) groups excluding carboxylic acids is 1. The predicted octanol–water partition coefficient (Wildman–Crippen LogP) is 3.22. The number of nitro groups is 1. The Balaban J connectivity index is 2.73. The third kappa shape index (κ3) is 4.47. The topological polar surface area (TPSA) is 78.7 Å². The number of methoxy groups -OCH3 is 1. The number of non-ortho nitro benzene ring substituents is 1. The smallest absolute Gasteiger partial charge is 0.339 e. The highest BCUT2D eigenvalue weighted by Gasteiger charge is 2.20. The van der Waals surface area contributed by atoms with Crippen LogP contribution in [-0.4, -0.2) is 30.2 Å². The number of esters is 1. The summed E-state index contributed by atoms with van der Waals surface area (Å²) in [5.41, 5.74) is -0.637. The lowest BCUT2D eigenvalue weighted by Crippen LogP contribution is -2.25. The maximum atomic E-state index is 11.8. The Morgan fingerprint density at radius 3 is 2.65 bits per heavy atom. The van der Waals surface area contributed by atoms with Crippen LogP contribution in [0.5, 0.6) is 0 Å². The van der Waals surface area contributed by atoms with E-state index in [2.05, 4.69) is 0 Å². The van der Waals surface area contributed by atoms with E-state index in [0.29, 0.717) is 6.42 Å². The van der Waals surface area contributed by atoms with Crippen LogP contribution >= 0.6 is 11.6 Å². The second kappa shape index (κ2) is 6.67. The largest absolute Gasteiger partial charge is 0.462 e. The number of nitrogens with zero attached hydrogens (tertiary/aromatic N) is 1. The molecular formula is C13H16ClNO5. The number of halogens is 1. The van der Waals surface area contributed by atoms with Gasteiger partial charge in [-0.05, 0) is 19.9 Å². The van der Waals surface area contributed by atoms with Crippen molar-refractivity contribution in [3.63, 3.8) is 0 Å². The molecule has 0 spiro atoms. The van der Waals surface area contributed by atoms with Gasteiger partial charge in [0.05, 0.1) is 27.7 Å². The van der Waals surface area contributed by atoms with E-state index in [0.717, 1.165) is 6.07 Å². The lowest BCUT2D eigenvalue weighted by molar-refractivity contribution is -0.384. The minimum absolute atomic E-state index is 0.0175. The number of hydrogen-bond donors (Lipinski definition) is 0. The SMILES string of the molecule is COC(C)(C)CCOC(=O)c1cc([N+](=O)[O-])ccc1Cl. The Labute approximate surface area is 121 Å². The van der Waals surface area contributed by atoms with Gasteiger partial charge in [0.1, 0.15) is 0 Å². The molecule has 0 fully saturated rings. The van der Waals surface area contributed by atoms with Gasteiger partial charge in [0.2, 0.25) is 0 Å². The second-order valence-electron chi connectivity index (χ2n) is 4.77. The summed E-state index contributed by atoms with van der Waals surface area (Å²) in [6.07, 6.45) is 0.502. The van der Waals surface area contributed by atoms with Crippen molar-refractivity contribution in [2.75, 3.05) is 13.7 Å². The van der Waals surface area contributed by atoms with Crippen LogP contribution in [0, 0.1) is 10.1 Å². The first kappa shape index (κ1) is 16.4. The van der Waals surface area contributed by atoms with E-state index < -0.39 is 16.5 Å². The Morgan fingerprint density at radius 1 is 1.45 bits per heavy atom. The fraction of sp³-hybridized carbons (Fsp3) is 0.462. The molecule has 0 atom stereocenters. The van der Waals surface area contributed by atoms with E-state index in [1.165, 1.54) is 12.1 Å². The van der Waals surface area contributed by atoms with Crippen LogP contribution in [0.15, 0.2) is 18.2 Å². The zero-order chi connectivity index (χ0) is 15.3. The van der Waals surface area contributed by atoms with Gasteiger partial charge in [-0.25, -0.2) is 4.79 Å². The summed E-state index contributed by atoms with van der Waals surface area (Å²) in [5, 5.41) is 10.8. The highest BCUT2D eigenvalue weighted by atomic mass is 35.5. The maximum Gasteiger partial charge on any atom is 0.339 e. The lowest BCUT2D eigenvalue weighted by atomic mass is 10.1. The van der Waals surface area contributed by atoms with Crippen molar-refractivity contribution in [1.82, 2.24) is 0 Å². The molecule has 0 N–H and O–H groups in total. The van der Waals surface area contributed by atoms with Crippen LogP contribution in [0.3, 0.4) is 0 Å². The Morgan fingerprint density at radius 2 is 2.10 bits per heavy atom. The van der Waals surface area contributed by atoms with Crippen molar-refractivity contribution in [3.8, 4) is 0 Å². The normalized spacial score (nSPS) is 11.2. The molecule has 0 amide bonds. The van der Waals surface area contributed by atoms with Gasteiger partial charge < -0.3 is 9.47 Å². The monoisotopic (exact) mass is 301 g/mol. The van der Waals surface area contributed by atoms with Gasteiger partial charge >= 0.3 is 5.97 Å². The summed E-state index contributed by atoms with van der Waals surface area (Å²) in [5.74, 6) is -0.689. The van der Waals surface area contributed by atoms with E-state index in [9.17, 15) is 14.9 Å². The van der Waals surface area contributed by atoms with Crippen LogP contribution in [0.4, 0.5) is 5.69 Å². The molecule has 20 heavy (non-hydrogen) atoms. The van der Waals surface area contributed by atoms with Gasteiger partial charge in [-0.1, -0.05) is 11.6 Å². The third-order valence-electron chi connectivity index (χ3n) is 2.87. The number of rotatable bonds is 6. The van der Waals surface area contributed by atoms with Gasteiger partial charge in [0.15, 0.2) is 0 Å². The van der Waals surface area contributed by atoms with Crippen molar-refractivity contribution in [2.24, 2.45) is 0 Å². The molecule has 7 heteroatoms. The van der Waals surface area contributed by atoms with E-state index in [1.807, 2.05) is 13.8 Å². The summed E-state index contributed by atoms with van der Waals surface area (Å²) in [7, 11) is 1.57. The predicted molar refractivity (Wildman–Crippen MR) is 74.1 cm³/mol. The molecule has 0 saturated carbocycles. The molecule has 110 valence electrons. The molecule has 0 bridgehead atoms. The first-order chi connectivity index (χ1) is 9.26. The molecule has 0 heterocycles. The molecular weight excluding hydrogens is 286 g/mol. The standard InChI is InChI=1S/C13H16ClNO5/c1-13(2,19-3)6-7-20-12(16)10-8-9(15(17)18)4-5-11(10)14/h4-5,8H,6-7H2,1-3H3. The average molecular weight is 302 g/mol. The van der Waals surface area contributed by atoms with Gasteiger partial charge in [-0.15, -0.1) is 0 Å². The average Bonchev–Trinajstić information content (AvgIpc) is 2.38. The molecule has 1 aromatic rings. The fourth-order valence-corrected chi connectivity index (χ4v) is 1.55. The molecule has 6 nitrogen and oxygen atoms in total. The molecule has 0 aliphatic heterocycles.